The molecule has 5 heteroatoms. The Bertz CT molecular complexity index is 464. The first-order valence-electron chi connectivity index (χ1n) is 7.29. The van der Waals surface area contributed by atoms with E-state index in [1.54, 1.807) is 4.90 Å². The van der Waals surface area contributed by atoms with E-state index >= 15 is 0 Å². The Labute approximate surface area is 125 Å². The molecule has 116 valence electrons. The zero-order valence-corrected chi connectivity index (χ0v) is 12.9. The number of likely N-dealkylation sites (tertiary alicyclic amines) is 1. The van der Waals surface area contributed by atoms with Crippen LogP contribution in [0, 0.1) is 0 Å². The number of amides is 1. The summed E-state index contributed by atoms with van der Waals surface area (Å²) in [5, 5.41) is 12.9. The lowest BCUT2D eigenvalue weighted by molar-refractivity contribution is 0.00335. The lowest BCUT2D eigenvalue weighted by Gasteiger charge is -2.41. The summed E-state index contributed by atoms with van der Waals surface area (Å²) >= 11 is 0. The van der Waals surface area contributed by atoms with Crippen LogP contribution < -0.4 is 5.32 Å². The second-order valence-electron chi connectivity index (χ2n) is 6.39. The van der Waals surface area contributed by atoms with Crippen molar-refractivity contribution in [3.8, 4) is 0 Å². The van der Waals surface area contributed by atoms with Crippen molar-refractivity contribution in [3.63, 3.8) is 0 Å². The third-order valence-corrected chi connectivity index (χ3v) is 3.35. The molecule has 1 aromatic rings. The molecule has 2 rings (SSSR count). The molecular weight excluding hydrogens is 268 g/mol. The fraction of sp³-hybridized carbons (Fsp3) is 0.562. The van der Waals surface area contributed by atoms with Crippen LogP contribution in [0.1, 0.15) is 32.4 Å². The first kappa shape index (κ1) is 15.8. The monoisotopic (exact) mass is 292 g/mol. The second-order valence-corrected chi connectivity index (χ2v) is 6.39. The topological polar surface area (TPSA) is 61.8 Å². The summed E-state index contributed by atoms with van der Waals surface area (Å²) in [6.07, 6.45) is -0.277. The maximum atomic E-state index is 11.8. The molecule has 0 spiro atoms. The van der Waals surface area contributed by atoms with E-state index < -0.39 is 5.60 Å². The van der Waals surface area contributed by atoms with Gasteiger partial charge in [0.1, 0.15) is 5.60 Å². The first-order chi connectivity index (χ1) is 9.89. The average Bonchev–Trinajstić information content (AvgIpc) is 2.36. The summed E-state index contributed by atoms with van der Waals surface area (Å²) in [5.74, 6) is 0. The average molecular weight is 292 g/mol. The van der Waals surface area contributed by atoms with Gasteiger partial charge in [0.2, 0.25) is 0 Å². The molecule has 0 saturated carbocycles. The summed E-state index contributed by atoms with van der Waals surface area (Å²) < 4.78 is 5.32. The molecule has 5 nitrogen and oxygen atoms in total. The van der Waals surface area contributed by atoms with Gasteiger partial charge < -0.3 is 20.1 Å². The third-order valence-electron chi connectivity index (χ3n) is 3.35. The highest BCUT2D eigenvalue weighted by molar-refractivity contribution is 5.69. The molecule has 1 aliphatic rings. The summed E-state index contributed by atoms with van der Waals surface area (Å²) in [7, 11) is 0. The van der Waals surface area contributed by atoms with Crippen molar-refractivity contribution in [2.24, 2.45) is 0 Å². The van der Waals surface area contributed by atoms with Crippen molar-refractivity contribution < 1.29 is 14.6 Å². The predicted molar refractivity (Wildman–Crippen MR) is 81.0 cm³/mol. The summed E-state index contributed by atoms with van der Waals surface area (Å²) in [6.45, 7) is 6.83. The highest BCUT2D eigenvalue weighted by Gasteiger charge is 2.34. The molecule has 1 aromatic carbocycles. The summed E-state index contributed by atoms with van der Waals surface area (Å²) in [4.78, 5) is 13.5. The largest absolute Gasteiger partial charge is 0.444 e. The third kappa shape index (κ3) is 4.44. The number of ether oxygens (including phenoxy) is 1. The molecule has 1 atom stereocenters. The molecule has 0 aliphatic carbocycles. The van der Waals surface area contributed by atoms with Gasteiger partial charge in [0, 0.05) is 19.1 Å². The Morgan fingerprint density at radius 1 is 1.38 bits per heavy atom. The number of benzene rings is 1. The standard InChI is InChI=1S/C16H24N2O3/c1-16(2,3)21-15(20)18-9-13(10-18)17-14(11-19)12-7-5-4-6-8-12/h4-8,13-14,17,19H,9-11H2,1-3H3. The Kier molecular flexibility index (Phi) is 4.85. The van der Waals surface area contributed by atoms with Crippen molar-refractivity contribution >= 4 is 6.09 Å². The van der Waals surface area contributed by atoms with E-state index in [1.807, 2.05) is 51.1 Å². The van der Waals surface area contributed by atoms with Crippen LogP contribution in [0.2, 0.25) is 0 Å². The van der Waals surface area contributed by atoms with E-state index in [2.05, 4.69) is 5.32 Å². The maximum absolute atomic E-state index is 11.8. The summed E-state index contributed by atoms with van der Waals surface area (Å²) in [6, 6.07) is 9.91. The Morgan fingerprint density at radius 3 is 2.52 bits per heavy atom. The van der Waals surface area contributed by atoms with Gasteiger partial charge in [-0.25, -0.2) is 4.79 Å². The molecule has 21 heavy (non-hydrogen) atoms. The molecule has 0 bridgehead atoms. The van der Waals surface area contributed by atoms with E-state index in [1.165, 1.54) is 0 Å². The van der Waals surface area contributed by atoms with Gasteiger partial charge in [-0.05, 0) is 26.3 Å². The van der Waals surface area contributed by atoms with Crippen LogP contribution in [0.3, 0.4) is 0 Å². The van der Waals surface area contributed by atoms with Crippen molar-refractivity contribution in [3.05, 3.63) is 35.9 Å². The number of nitrogens with one attached hydrogen (secondary N) is 1. The minimum atomic E-state index is -0.465. The molecule has 0 radical (unpaired) electrons. The lowest BCUT2D eigenvalue weighted by Crippen LogP contribution is -2.61. The fourth-order valence-electron chi connectivity index (χ4n) is 2.28. The van der Waals surface area contributed by atoms with Gasteiger partial charge in [0.25, 0.3) is 0 Å². The molecule has 1 amide bonds. The minimum Gasteiger partial charge on any atom is -0.444 e. The highest BCUT2D eigenvalue weighted by Crippen LogP contribution is 2.19. The number of carbonyl (C=O) groups is 1. The van der Waals surface area contributed by atoms with Crippen LogP contribution in [0.25, 0.3) is 0 Å². The van der Waals surface area contributed by atoms with E-state index in [-0.39, 0.29) is 24.8 Å². The molecule has 0 aromatic heterocycles. The Hall–Kier alpha value is -1.59. The lowest BCUT2D eigenvalue weighted by atomic mass is 10.0. The SMILES string of the molecule is CC(C)(C)OC(=O)N1CC(NC(CO)c2ccccc2)C1. The number of carbonyl (C=O) groups excluding carboxylic acids is 1. The molecule has 1 aliphatic heterocycles. The van der Waals surface area contributed by atoms with Gasteiger partial charge >= 0.3 is 6.09 Å². The first-order valence-corrected chi connectivity index (χ1v) is 7.29. The van der Waals surface area contributed by atoms with Crippen LogP contribution in [-0.4, -0.2) is 47.4 Å². The minimum absolute atomic E-state index is 0.0347. The Balaban J connectivity index is 1.81. The molecule has 1 unspecified atom stereocenters. The fourth-order valence-corrected chi connectivity index (χ4v) is 2.28. The molecule has 2 N–H and O–H groups in total. The van der Waals surface area contributed by atoms with Gasteiger partial charge in [-0.15, -0.1) is 0 Å². The maximum Gasteiger partial charge on any atom is 0.410 e. The van der Waals surface area contributed by atoms with Crippen molar-refractivity contribution in [1.29, 1.82) is 0 Å². The highest BCUT2D eigenvalue weighted by atomic mass is 16.6. The van der Waals surface area contributed by atoms with Gasteiger partial charge in [-0.2, -0.15) is 0 Å². The number of hydrogen-bond acceptors (Lipinski definition) is 4. The van der Waals surface area contributed by atoms with Crippen LogP contribution in [0.4, 0.5) is 4.79 Å². The number of aliphatic hydroxyl groups is 1. The number of aliphatic hydroxyl groups excluding tert-OH is 1. The van der Waals surface area contributed by atoms with Crippen molar-refractivity contribution in [2.75, 3.05) is 19.7 Å². The van der Waals surface area contributed by atoms with Gasteiger partial charge in [-0.1, -0.05) is 30.3 Å². The van der Waals surface area contributed by atoms with Crippen LogP contribution >= 0.6 is 0 Å². The smallest absolute Gasteiger partial charge is 0.410 e. The second kappa shape index (κ2) is 6.45. The van der Waals surface area contributed by atoms with Crippen LogP contribution in [0.15, 0.2) is 30.3 Å². The molecule has 1 saturated heterocycles. The number of hydrogen-bond donors (Lipinski definition) is 2. The molecular formula is C16H24N2O3. The quantitative estimate of drug-likeness (QED) is 0.890. The number of nitrogens with zero attached hydrogens (tertiary/aromatic N) is 1. The van der Waals surface area contributed by atoms with Gasteiger partial charge in [0.15, 0.2) is 0 Å². The van der Waals surface area contributed by atoms with E-state index in [0.29, 0.717) is 13.1 Å². The zero-order chi connectivity index (χ0) is 15.5. The van der Waals surface area contributed by atoms with Crippen LogP contribution in [0.5, 0.6) is 0 Å². The predicted octanol–water partition coefficient (Wildman–Crippen LogP) is 1.93. The van der Waals surface area contributed by atoms with E-state index in [9.17, 15) is 9.90 Å². The van der Waals surface area contributed by atoms with Crippen molar-refractivity contribution in [2.45, 2.75) is 38.5 Å². The normalized spacial score (nSPS) is 17.2. The number of rotatable bonds is 4. The molecule has 1 fully saturated rings. The van der Waals surface area contributed by atoms with Gasteiger partial charge in [0.05, 0.1) is 12.6 Å². The summed E-state index contributed by atoms with van der Waals surface area (Å²) in [5.41, 5.74) is 0.587. The zero-order valence-electron chi connectivity index (χ0n) is 12.9. The van der Waals surface area contributed by atoms with Crippen molar-refractivity contribution in [1.82, 2.24) is 10.2 Å². The molecule has 1 heterocycles. The van der Waals surface area contributed by atoms with E-state index in [4.69, 9.17) is 4.74 Å². The Morgan fingerprint density at radius 2 is 2.00 bits per heavy atom. The van der Waals surface area contributed by atoms with Gasteiger partial charge in [-0.3, -0.25) is 0 Å². The van der Waals surface area contributed by atoms with Crippen LogP contribution in [-0.2, 0) is 4.74 Å². The van der Waals surface area contributed by atoms with E-state index in [0.717, 1.165) is 5.56 Å².